The van der Waals surface area contributed by atoms with E-state index in [1.54, 1.807) is 0 Å². The lowest BCUT2D eigenvalue weighted by Crippen LogP contribution is -2.06. The quantitative estimate of drug-likeness (QED) is 0.894. The Morgan fingerprint density at radius 3 is 2.65 bits per heavy atom. The summed E-state index contributed by atoms with van der Waals surface area (Å²) in [5.41, 5.74) is 4.60. The zero-order valence-corrected chi connectivity index (χ0v) is 11.9. The van der Waals surface area contributed by atoms with Gasteiger partial charge < -0.3 is 5.11 Å². The van der Waals surface area contributed by atoms with Crippen LogP contribution in [0, 0.1) is 0 Å². The first-order valence-corrected chi connectivity index (χ1v) is 7.48. The Morgan fingerprint density at radius 1 is 1.20 bits per heavy atom. The van der Waals surface area contributed by atoms with Crippen LogP contribution in [0.3, 0.4) is 0 Å². The molecule has 104 valence electrons. The lowest BCUT2D eigenvalue weighted by atomic mass is 9.96. The van der Waals surface area contributed by atoms with Crippen molar-refractivity contribution in [3.8, 4) is 0 Å². The van der Waals surface area contributed by atoms with Crippen LogP contribution < -0.4 is 0 Å². The standard InChI is InChI=1S/C18H21NO/c1-2-13-7-10-15(19-12-13)11-18(20)17-6-4-3-5-16(17)14-8-9-14/h3-7,10,12,14,18,20H,2,8-9,11H2,1H3. The number of aryl methyl sites for hydroxylation is 1. The van der Waals surface area contributed by atoms with Crippen molar-refractivity contribution in [1.29, 1.82) is 0 Å². The van der Waals surface area contributed by atoms with Gasteiger partial charge in [-0.25, -0.2) is 0 Å². The molecule has 20 heavy (non-hydrogen) atoms. The maximum absolute atomic E-state index is 10.5. The van der Waals surface area contributed by atoms with E-state index in [1.807, 2.05) is 18.3 Å². The minimum atomic E-state index is -0.452. The maximum atomic E-state index is 10.5. The maximum Gasteiger partial charge on any atom is 0.0848 e. The van der Waals surface area contributed by atoms with Gasteiger partial charge in [0.1, 0.15) is 0 Å². The largest absolute Gasteiger partial charge is 0.388 e. The third-order valence-electron chi connectivity index (χ3n) is 4.07. The van der Waals surface area contributed by atoms with Crippen molar-refractivity contribution in [3.05, 3.63) is 65.0 Å². The zero-order chi connectivity index (χ0) is 13.9. The number of pyridine rings is 1. The van der Waals surface area contributed by atoms with E-state index in [0.717, 1.165) is 17.7 Å². The summed E-state index contributed by atoms with van der Waals surface area (Å²) in [7, 11) is 0. The minimum absolute atomic E-state index is 0.452. The molecule has 2 heteroatoms. The van der Waals surface area contributed by atoms with Gasteiger partial charge in [-0.1, -0.05) is 37.3 Å². The van der Waals surface area contributed by atoms with Crippen LogP contribution in [0.4, 0.5) is 0 Å². The van der Waals surface area contributed by atoms with Crippen molar-refractivity contribution in [3.63, 3.8) is 0 Å². The molecule has 1 unspecified atom stereocenters. The Morgan fingerprint density at radius 2 is 2.00 bits per heavy atom. The van der Waals surface area contributed by atoms with E-state index in [2.05, 4.69) is 36.2 Å². The molecule has 1 heterocycles. The summed E-state index contributed by atoms with van der Waals surface area (Å²) in [5, 5.41) is 10.5. The zero-order valence-electron chi connectivity index (χ0n) is 11.9. The van der Waals surface area contributed by atoms with Gasteiger partial charge in [0.25, 0.3) is 0 Å². The highest BCUT2D eigenvalue weighted by Gasteiger charge is 2.27. The van der Waals surface area contributed by atoms with Gasteiger partial charge in [0.15, 0.2) is 0 Å². The van der Waals surface area contributed by atoms with Gasteiger partial charge in [0.2, 0.25) is 0 Å². The third-order valence-corrected chi connectivity index (χ3v) is 4.07. The molecule has 2 aromatic rings. The fourth-order valence-electron chi connectivity index (χ4n) is 2.67. The van der Waals surface area contributed by atoms with Crippen LogP contribution in [-0.4, -0.2) is 10.1 Å². The molecule has 1 N–H and O–H groups in total. The fourth-order valence-corrected chi connectivity index (χ4v) is 2.67. The van der Waals surface area contributed by atoms with Crippen molar-refractivity contribution >= 4 is 0 Å². The molecule has 0 saturated heterocycles. The van der Waals surface area contributed by atoms with Gasteiger partial charge in [0, 0.05) is 18.3 Å². The molecular weight excluding hydrogens is 246 g/mol. The molecule has 1 aromatic carbocycles. The molecule has 0 spiro atoms. The molecule has 0 aliphatic heterocycles. The molecule has 2 nitrogen and oxygen atoms in total. The predicted octanol–water partition coefficient (Wildman–Crippen LogP) is 3.80. The van der Waals surface area contributed by atoms with Crippen molar-refractivity contribution in [2.75, 3.05) is 0 Å². The predicted molar refractivity (Wildman–Crippen MR) is 80.7 cm³/mol. The Bertz CT molecular complexity index is 572. The average Bonchev–Trinajstić information content (AvgIpc) is 3.32. The van der Waals surface area contributed by atoms with Crippen LogP contribution in [-0.2, 0) is 12.8 Å². The second kappa shape index (κ2) is 5.76. The number of aliphatic hydroxyl groups is 1. The number of hydrogen-bond donors (Lipinski definition) is 1. The molecular formula is C18H21NO. The summed E-state index contributed by atoms with van der Waals surface area (Å²) in [6, 6.07) is 12.4. The lowest BCUT2D eigenvalue weighted by Gasteiger charge is -2.15. The van der Waals surface area contributed by atoms with E-state index in [9.17, 15) is 5.11 Å². The summed E-state index contributed by atoms with van der Waals surface area (Å²) < 4.78 is 0. The van der Waals surface area contributed by atoms with Gasteiger partial charge in [-0.2, -0.15) is 0 Å². The van der Waals surface area contributed by atoms with E-state index in [0.29, 0.717) is 12.3 Å². The topological polar surface area (TPSA) is 33.1 Å². The van der Waals surface area contributed by atoms with Crippen LogP contribution in [0.5, 0.6) is 0 Å². The van der Waals surface area contributed by atoms with Crippen molar-refractivity contribution in [1.82, 2.24) is 4.98 Å². The highest BCUT2D eigenvalue weighted by atomic mass is 16.3. The molecule has 1 aliphatic carbocycles. The van der Waals surface area contributed by atoms with Crippen molar-refractivity contribution < 1.29 is 5.11 Å². The number of benzene rings is 1. The molecule has 0 amide bonds. The van der Waals surface area contributed by atoms with Crippen LogP contribution in [0.25, 0.3) is 0 Å². The Kier molecular flexibility index (Phi) is 3.83. The van der Waals surface area contributed by atoms with E-state index >= 15 is 0 Å². The molecule has 1 atom stereocenters. The first-order chi connectivity index (χ1) is 9.78. The second-order valence-corrected chi connectivity index (χ2v) is 5.63. The molecule has 1 saturated carbocycles. The number of aliphatic hydroxyl groups excluding tert-OH is 1. The molecule has 1 aliphatic rings. The Labute approximate surface area is 120 Å². The highest BCUT2D eigenvalue weighted by molar-refractivity contribution is 5.35. The summed E-state index contributed by atoms with van der Waals surface area (Å²) in [6.45, 7) is 2.12. The Hall–Kier alpha value is -1.67. The molecule has 1 fully saturated rings. The van der Waals surface area contributed by atoms with Gasteiger partial charge in [-0.3, -0.25) is 4.98 Å². The van der Waals surface area contributed by atoms with E-state index in [-0.39, 0.29) is 0 Å². The SMILES string of the molecule is CCc1ccc(CC(O)c2ccccc2C2CC2)nc1. The minimum Gasteiger partial charge on any atom is -0.388 e. The van der Waals surface area contributed by atoms with E-state index in [4.69, 9.17) is 0 Å². The van der Waals surface area contributed by atoms with Crippen LogP contribution in [0.2, 0.25) is 0 Å². The average molecular weight is 267 g/mol. The van der Waals surface area contributed by atoms with Gasteiger partial charge >= 0.3 is 0 Å². The fraction of sp³-hybridized carbons (Fsp3) is 0.389. The number of nitrogens with zero attached hydrogens (tertiary/aromatic N) is 1. The number of hydrogen-bond acceptors (Lipinski definition) is 2. The van der Waals surface area contributed by atoms with E-state index in [1.165, 1.54) is 24.0 Å². The van der Waals surface area contributed by atoms with E-state index < -0.39 is 6.10 Å². The first kappa shape index (κ1) is 13.3. The van der Waals surface area contributed by atoms with Gasteiger partial charge in [0.05, 0.1) is 6.10 Å². The monoisotopic (exact) mass is 267 g/mol. The van der Waals surface area contributed by atoms with Gasteiger partial charge in [-0.15, -0.1) is 0 Å². The van der Waals surface area contributed by atoms with Crippen molar-refractivity contribution in [2.45, 2.75) is 44.6 Å². The van der Waals surface area contributed by atoms with Crippen LogP contribution >= 0.6 is 0 Å². The smallest absolute Gasteiger partial charge is 0.0848 e. The van der Waals surface area contributed by atoms with Crippen LogP contribution in [0.1, 0.15) is 54.2 Å². The molecule has 1 aromatic heterocycles. The summed E-state index contributed by atoms with van der Waals surface area (Å²) in [6.07, 6.45) is 5.57. The molecule has 0 radical (unpaired) electrons. The summed E-state index contributed by atoms with van der Waals surface area (Å²) >= 11 is 0. The Balaban J connectivity index is 1.76. The highest BCUT2D eigenvalue weighted by Crippen LogP contribution is 2.43. The third kappa shape index (κ3) is 2.91. The van der Waals surface area contributed by atoms with Crippen molar-refractivity contribution in [2.24, 2.45) is 0 Å². The first-order valence-electron chi connectivity index (χ1n) is 7.48. The normalized spacial score (nSPS) is 16.1. The lowest BCUT2D eigenvalue weighted by molar-refractivity contribution is 0.176. The van der Waals surface area contributed by atoms with Gasteiger partial charge in [-0.05, 0) is 47.9 Å². The number of rotatable bonds is 5. The number of aromatic nitrogens is 1. The second-order valence-electron chi connectivity index (χ2n) is 5.63. The molecule has 0 bridgehead atoms. The summed E-state index contributed by atoms with van der Waals surface area (Å²) in [5.74, 6) is 0.663. The molecule has 3 rings (SSSR count). The summed E-state index contributed by atoms with van der Waals surface area (Å²) in [4.78, 5) is 4.45. The van der Waals surface area contributed by atoms with Crippen LogP contribution in [0.15, 0.2) is 42.6 Å².